The Morgan fingerprint density at radius 2 is 1.90 bits per heavy atom. The standard InChI is InChI=1S/C31H38FN5O2/c1-20(2)12-26-19-36(18-22-13-21(3)27-8-9-28(30(38)39)35(4)29(27)14-22)10-11-37(26)31-33-16-24(17-34-31)23-6-5-7-25(32)15-23/h5-7,13-17,20,26,28H,8-12,18-19H2,1-4H3,(H,38,39)/t26-,28?/m1/s1. The zero-order valence-corrected chi connectivity index (χ0v) is 23.3. The molecule has 3 heterocycles. The number of carboxylic acid groups (broad SMARTS) is 1. The second-order valence-electron chi connectivity index (χ2n) is 11.4. The molecule has 1 saturated heterocycles. The predicted octanol–water partition coefficient (Wildman–Crippen LogP) is 5.16. The fraction of sp³-hybridized carbons (Fsp3) is 0.452. The van der Waals surface area contributed by atoms with Gasteiger partial charge in [0.05, 0.1) is 0 Å². The maximum atomic E-state index is 13.7. The first-order valence-corrected chi connectivity index (χ1v) is 13.8. The second kappa shape index (κ2) is 11.3. The summed E-state index contributed by atoms with van der Waals surface area (Å²) in [4.78, 5) is 27.9. The number of aliphatic carboxylic acids is 1. The van der Waals surface area contributed by atoms with E-state index in [2.05, 4.69) is 52.7 Å². The topological polar surface area (TPSA) is 72.8 Å². The molecule has 8 heteroatoms. The Labute approximate surface area is 230 Å². The lowest BCUT2D eigenvalue weighted by atomic mass is 9.91. The SMILES string of the molecule is Cc1cc(CN2CCN(c3ncc(-c4cccc(F)c4)cn3)[C@H](CC(C)C)C2)cc2c1CCC(C(=O)O)N2C. The molecule has 0 aliphatic carbocycles. The molecule has 1 unspecified atom stereocenters. The van der Waals surface area contributed by atoms with E-state index >= 15 is 0 Å². The Balaban J connectivity index is 1.32. The number of aromatic nitrogens is 2. The predicted molar refractivity (Wildman–Crippen MR) is 153 cm³/mol. The lowest BCUT2D eigenvalue weighted by Crippen LogP contribution is -2.54. The van der Waals surface area contributed by atoms with E-state index in [0.717, 1.165) is 55.8 Å². The van der Waals surface area contributed by atoms with Crippen molar-refractivity contribution >= 4 is 17.6 Å². The lowest BCUT2D eigenvalue weighted by Gasteiger charge is -2.42. The average molecular weight is 532 g/mol. The number of aryl methyl sites for hydroxylation is 1. The molecule has 1 fully saturated rings. The highest BCUT2D eigenvalue weighted by atomic mass is 19.1. The van der Waals surface area contributed by atoms with Crippen molar-refractivity contribution in [3.63, 3.8) is 0 Å². The Hall–Kier alpha value is -3.52. The van der Waals surface area contributed by atoms with Gasteiger partial charge in [-0.15, -0.1) is 0 Å². The van der Waals surface area contributed by atoms with E-state index < -0.39 is 12.0 Å². The van der Waals surface area contributed by atoms with Crippen LogP contribution in [0.4, 0.5) is 16.0 Å². The summed E-state index contributed by atoms with van der Waals surface area (Å²) in [6.45, 7) is 10.0. The van der Waals surface area contributed by atoms with Crippen LogP contribution >= 0.6 is 0 Å². The van der Waals surface area contributed by atoms with Crippen molar-refractivity contribution < 1.29 is 14.3 Å². The normalized spacial score (nSPS) is 19.8. The number of piperazine rings is 1. The second-order valence-corrected chi connectivity index (χ2v) is 11.4. The van der Waals surface area contributed by atoms with Crippen molar-refractivity contribution in [2.45, 2.75) is 58.7 Å². The van der Waals surface area contributed by atoms with Gasteiger partial charge in [-0.05, 0) is 72.6 Å². The van der Waals surface area contributed by atoms with E-state index in [1.807, 2.05) is 18.0 Å². The Morgan fingerprint density at radius 1 is 1.13 bits per heavy atom. The number of carbonyl (C=O) groups is 1. The summed E-state index contributed by atoms with van der Waals surface area (Å²) in [5, 5.41) is 9.66. The zero-order valence-electron chi connectivity index (χ0n) is 23.3. The molecule has 1 N–H and O–H groups in total. The van der Waals surface area contributed by atoms with Crippen LogP contribution in [0, 0.1) is 18.7 Å². The van der Waals surface area contributed by atoms with E-state index in [0.29, 0.717) is 18.3 Å². The molecule has 2 atom stereocenters. The van der Waals surface area contributed by atoms with Crippen LogP contribution in [-0.4, -0.2) is 64.7 Å². The molecular formula is C31H38FN5O2. The van der Waals surface area contributed by atoms with E-state index in [4.69, 9.17) is 0 Å². The van der Waals surface area contributed by atoms with Gasteiger partial charge in [0.25, 0.3) is 0 Å². The molecule has 5 rings (SSSR count). The molecular weight excluding hydrogens is 493 g/mol. The highest BCUT2D eigenvalue weighted by molar-refractivity contribution is 5.80. The number of benzene rings is 2. The maximum Gasteiger partial charge on any atom is 0.326 e. The van der Waals surface area contributed by atoms with Crippen LogP contribution in [0.5, 0.6) is 0 Å². The van der Waals surface area contributed by atoms with Gasteiger partial charge in [-0.2, -0.15) is 0 Å². The van der Waals surface area contributed by atoms with Crippen LogP contribution in [0.25, 0.3) is 11.1 Å². The summed E-state index contributed by atoms with van der Waals surface area (Å²) in [6.07, 6.45) is 6.04. The summed E-state index contributed by atoms with van der Waals surface area (Å²) >= 11 is 0. The summed E-state index contributed by atoms with van der Waals surface area (Å²) in [6, 6.07) is 10.8. The van der Waals surface area contributed by atoms with Gasteiger partial charge in [0.15, 0.2) is 0 Å². The molecule has 39 heavy (non-hydrogen) atoms. The van der Waals surface area contributed by atoms with E-state index in [9.17, 15) is 14.3 Å². The minimum atomic E-state index is -0.759. The molecule has 3 aromatic rings. The lowest BCUT2D eigenvalue weighted by molar-refractivity contribution is -0.138. The van der Waals surface area contributed by atoms with Crippen molar-refractivity contribution in [3.8, 4) is 11.1 Å². The molecule has 0 radical (unpaired) electrons. The largest absolute Gasteiger partial charge is 0.480 e. The molecule has 0 spiro atoms. The number of likely N-dealkylation sites (N-methyl/N-ethyl adjacent to an activating group) is 1. The molecule has 2 aromatic carbocycles. The summed E-state index contributed by atoms with van der Waals surface area (Å²) in [5.74, 6) is 0.209. The maximum absolute atomic E-state index is 13.7. The van der Waals surface area contributed by atoms with Crippen molar-refractivity contribution in [3.05, 3.63) is 71.3 Å². The zero-order chi connectivity index (χ0) is 27.7. The van der Waals surface area contributed by atoms with Gasteiger partial charge in [0, 0.05) is 62.9 Å². The van der Waals surface area contributed by atoms with E-state index in [1.54, 1.807) is 18.5 Å². The number of anilines is 2. The Kier molecular flexibility index (Phi) is 7.84. The third-order valence-electron chi connectivity index (χ3n) is 8.08. The van der Waals surface area contributed by atoms with Crippen molar-refractivity contribution in [2.75, 3.05) is 36.5 Å². The van der Waals surface area contributed by atoms with Crippen molar-refractivity contribution in [2.24, 2.45) is 5.92 Å². The molecule has 0 saturated carbocycles. The van der Waals surface area contributed by atoms with Gasteiger partial charge in [0.2, 0.25) is 5.95 Å². The number of hydrogen-bond donors (Lipinski definition) is 1. The number of fused-ring (bicyclic) bond motifs is 1. The number of nitrogens with zero attached hydrogens (tertiary/aromatic N) is 5. The number of halogens is 1. The summed E-state index contributed by atoms with van der Waals surface area (Å²) in [5.41, 5.74) is 6.34. The van der Waals surface area contributed by atoms with Crippen LogP contribution in [0.1, 0.15) is 43.4 Å². The Morgan fingerprint density at radius 3 is 2.59 bits per heavy atom. The molecule has 1 aromatic heterocycles. The minimum Gasteiger partial charge on any atom is -0.480 e. The molecule has 2 aliphatic heterocycles. The van der Waals surface area contributed by atoms with Gasteiger partial charge in [-0.1, -0.05) is 32.0 Å². The fourth-order valence-electron chi connectivity index (χ4n) is 6.15. The van der Waals surface area contributed by atoms with Crippen LogP contribution in [0.2, 0.25) is 0 Å². The smallest absolute Gasteiger partial charge is 0.326 e. The molecule has 2 aliphatic rings. The third kappa shape index (κ3) is 5.91. The van der Waals surface area contributed by atoms with Gasteiger partial charge in [0.1, 0.15) is 11.9 Å². The molecule has 206 valence electrons. The third-order valence-corrected chi connectivity index (χ3v) is 8.08. The highest BCUT2D eigenvalue weighted by Gasteiger charge is 2.32. The van der Waals surface area contributed by atoms with Crippen LogP contribution in [0.3, 0.4) is 0 Å². The molecule has 0 bridgehead atoms. The fourth-order valence-corrected chi connectivity index (χ4v) is 6.15. The van der Waals surface area contributed by atoms with Gasteiger partial charge in [-0.25, -0.2) is 19.2 Å². The Bertz CT molecular complexity index is 1330. The van der Waals surface area contributed by atoms with Crippen LogP contribution in [0.15, 0.2) is 48.8 Å². The quantitative estimate of drug-likeness (QED) is 0.451. The summed E-state index contributed by atoms with van der Waals surface area (Å²) < 4.78 is 13.7. The van der Waals surface area contributed by atoms with Gasteiger partial charge >= 0.3 is 5.97 Å². The monoisotopic (exact) mass is 531 g/mol. The van der Waals surface area contributed by atoms with Crippen LogP contribution in [-0.2, 0) is 17.8 Å². The first-order chi connectivity index (χ1) is 18.7. The molecule has 0 amide bonds. The number of carboxylic acids is 1. The van der Waals surface area contributed by atoms with Crippen molar-refractivity contribution in [1.29, 1.82) is 0 Å². The van der Waals surface area contributed by atoms with Gasteiger partial charge in [-0.3, -0.25) is 4.90 Å². The summed E-state index contributed by atoms with van der Waals surface area (Å²) in [7, 11) is 1.90. The molecule has 7 nitrogen and oxygen atoms in total. The number of hydrogen-bond acceptors (Lipinski definition) is 6. The van der Waals surface area contributed by atoms with Crippen LogP contribution < -0.4 is 9.80 Å². The minimum absolute atomic E-state index is 0.271. The van der Waals surface area contributed by atoms with Crippen molar-refractivity contribution in [1.82, 2.24) is 14.9 Å². The van der Waals surface area contributed by atoms with E-state index in [1.165, 1.54) is 28.8 Å². The highest BCUT2D eigenvalue weighted by Crippen LogP contribution is 2.34. The van der Waals surface area contributed by atoms with E-state index in [-0.39, 0.29) is 11.9 Å². The average Bonchev–Trinajstić information content (AvgIpc) is 2.89. The number of rotatable bonds is 7. The first-order valence-electron chi connectivity index (χ1n) is 13.8. The van der Waals surface area contributed by atoms with Gasteiger partial charge < -0.3 is 14.9 Å². The first kappa shape index (κ1) is 27.1.